The smallest absolute Gasteiger partial charge is 0.301 e. The zero-order valence-corrected chi connectivity index (χ0v) is 13.0. The van der Waals surface area contributed by atoms with Gasteiger partial charge in [-0.15, -0.1) is 0 Å². The normalized spacial score (nSPS) is 10.4. The van der Waals surface area contributed by atoms with E-state index in [4.69, 9.17) is 4.74 Å². The summed E-state index contributed by atoms with van der Waals surface area (Å²) in [6.45, 7) is 3.93. The second-order valence-corrected chi connectivity index (χ2v) is 4.76. The molecule has 128 valence electrons. The zero-order chi connectivity index (χ0) is 18.2. The Morgan fingerprint density at radius 2 is 1.96 bits per heavy atom. The Labute approximate surface area is 142 Å². The molecule has 1 N–H and O–H groups in total. The van der Waals surface area contributed by atoms with Crippen molar-refractivity contribution in [2.75, 3.05) is 12.0 Å². The van der Waals surface area contributed by atoms with Gasteiger partial charge in [-0.3, -0.25) is 25.7 Å². The van der Waals surface area contributed by atoms with E-state index in [2.05, 4.69) is 17.1 Å². The predicted molar refractivity (Wildman–Crippen MR) is 93.1 cm³/mol. The van der Waals surface area contributed by atoms with Crippen LogP contribution in [-0.2, 0) is 0 Å². The number of benzene rings is 2. The summed E-state index contributed by atoms with van der Waals surface area (Å²) in [4.78, 5) is 20.3. The van der Waals surface area contributed by atoms with Crippen LogP contribution in [0.5, 0.6) is 5.75 Å². The van der Waals surface area contributed by atoms with Crippen molar-refractivity contribution in [2.24, 2.45) is 5.10 Å². The van der Waals surface area contributed by atoms with Crippen LogP contribution >= 0.6 is 0 Å². The maximum absolute atomic E-state index is 11.0. The van der Waals surface area contributed by atoms with E-state index in [9.17, 15) is 20.2 Å². The lowest BCUT2D eigenvalue weighted by Crippen LogP contribution is -1.99. The lowest BCUT2D eigenvalue weighted by Gasteiger charge is -2.04. The summed E-state index contributed by atoms with van der Waals surface area (Å²) in [6.07, 6.45) is 3.07. The molecule has 0 aliphatic rings. The van der Waals surface area contributed by atoms with Crippen LogP contribution in [0.3, 0.4) is 0 Å². The average molecular weight is 342 g/mol. The SMILES string of the molecule is C=CCOc1cccc(/C=N\Nc2ccc([N+](=O)[O-])cc2[N+](=O)[O-])c1. The van der Waals surface area contributed by atoms with Gasteiger partial charge in [0.25, 0.3) is 5.69 Å². The van der Waals surface area contributed by atoms with Gasteiger partial charge >= 0.3 is 5.69 Å². The van der Waals surface area contributed by atoms with Gasteiger partial charge < -0.3 is 4.74 Å². The van der Waals surface area contributed by atoms with E-state index >= 15 is 0 Å². The van der Waals surface area contributed by atoms with Gasteiger partial charge in [0, 0.05) is 6.07 Å². The third kappa shape index (κ3) is 4.86. The maximum atomic E-state index is 11.0. The topological polar surface area (TPSA) is 120 Å². The van der Waals surface area contributed by atoms with Crippen molar-refractivity contribution in [3.05, 3.63) is 80.9 Å². The van der Waals surface area contributed by atoms with Crippen LogP contribution in [0.4, 0.5) is 17.1 Å². The van der Waals surface area contributed by atoms with Crippen molar-refractivity contribution < 1.29 is 14.6 Å². The molecule has 0 radical (unpaired) electrons. The Morgan fingerprint density at radius 1 is 1.16 bits per heavy atom. The summed E-state index contributed by atoms with van der Waals surface area (Å²) < 4.78 is 5.39. The quantitative estimate of drug-likeness (QED) is 0.339. The van der Waals surface area contributed by atoms with Crippen molar-refractivity contribution in [1.82, 2.24) is 0 Å². The first-order chi connectivity index (χ1) is 12.0. The molecule has 9 heteroatoms. The number of non-ortho nitro benzene ring substituents is 1. The molecule has 0 saturated carbocycles. The van der Waals surface area contributed by atoms with E-state index in [1.165, 1.54) is 12.3 Å². The first-order valence-electron chi connectivity index (χ1n) is 7.07. The molecule has 0 fully saturated rings. The van der Waals surface area contributed by atoms with Crippen LogP contribution in [0.1, 0.15) is 5.56 Å². The molecule has 0 amide bonds. The third-order valence-electron chi connectivity index (χ3n) is 3.01. The van der Waals surface area contributed by atoms with Gasteiger partial charge in [-0.1, -0.05) is 24.8 Å². The van der Waals surface area contributed by atoms with E-state index in [1.54, 1.807) is 30.3 Å². The van der Waals surface area contributed by atoms with Crippen molar-refractivity contribution in [3.8, 4) is 5.75 Å². The lowest BCUT2D eigenvalue weighted by molar-refractivity contribution is -0.393. The van der Waals surface area contributed by atoms with Gasteiger partial charge in [-0.05, 0) is 23.8 Å². The highest BCUT2D eigenvalue weighted by atomic mass is 16.6. The zero-order valence-electron chi connectivity index (χ0n) is 13.0. The number of nitro benzene ring substituents is 2. The summed E-state index contributed by atoms with van der Waals surface area (Å²) in [5.41, 5.74) is 2.47. The molecule has 0 aliphatic heterocycles. The molecule has 0 spiro atoms. The number of nitrogens with zero attached hydrogens (tertiary/aromatic N) is 3. The summed E-state index contributed by atoms with van der Waals surface area (Å²) in [7, 11) is 0. The number of hydrogen-bond acceptors (Lipinski definition) is 7. The molecule has 0 aliphatic carbocycles. The van der Waals surface area contributed by atoms with Gasteiger partial charge in [0.15, 0.2) is 0 Å². The highest BCUT2D eigenvalue weighted by molar-refractivity contribution is 5.81. The first-order valence-corrected chi connectivity index (χ1v) is 7.07. The molecule has 0 atom stereocenters. The third-order valence-corrected chi connectivity index (χ3v) is 3.01. The van der Waals surface area contributed by atoms with E-state index < -0.39 is 15.5 Å². The monoisotopic (exact) mass is 342 g/mol. The average Bonchev–Trinajstić information content (AvgIpc) is 2.60. The molecular weight excluding hydrogens is 328 g/mol. The minimum atomic E-state index is -0.714. The van der Waals surface area contributed by atoms with Gasteiger partial charge in [0.05, 0.1) is 22.1 Å². The number of hydrazone groups is 1. The minimum absolute atomic E-state index is 0.0471. The highest BCUT2D eigenvalue weighted by Crippen LogP contribution is 2.28. The Bertz CT molecular complexity index is 835. The molecular formula is C16H14N4O5. The minimum Gasteiger partial charge on any atom is -0.490 e. The predicted octanol–water partition coefficient (Wildman–Crippen LogP) is 3.51. The van der Waals surface area contributed by atoms with Crippen LogP contribution in [-0.4, -0.2) is 22.7 Å². The maximum Gasteiger partial charge on any atom is 0.301 e. The van der Waals surface area contributed by atoms with Crippen LogP contribution < -0.4 is 10.2 Å². The number of ether oxygens (including phenoxy) is 1. The summed E-state index contributed by atoms with van der Waals surface area (Å²) in [5.74, 6) is 0.630. The van der Waals surface area contributed by atoms with E-state index in [-0.39, 0.29) is 11.4 Å². The van der Waals surface area contributed by atoms with E-state index in [1.807, 2.05) is 0 Å². The van der Waals surface area contributed by atoms with Gasteiger partial charge in [-0.25, -0.2) is 0 Å². The summed E-state index contributed by atoms with van der Waals surface area (Å²) in [6, 6.07) is 10.3. The largest absolute Gasteiger partial charge is 0.490 e. The molecule has 0 aromatic heterocycles. The second kappa shape index (κ2) is 8.20. The molecule has 0 bridgehead atoms. The number of nitro groups is 2. The molecule has 2 aromatic carbocycles. The van der Waals surface area contributed by atoms with Crippen molar-refractivity contribution >= 4 is 23.3 Å². The van der Waals surface area contributed by atoms with Crippen molar-refractivity contribution in [2.45, 2.75) is 0 Å². The molecule has 25 heavy (non-hydrogen) atoms. The number of nitrogens with one attached hydrogen (secondary N) is 1. The molecule has 0 saturated heterocycles. The number of hydrogen-bond donors (Lipinski definition) is 1. The van der Waals surface area contributed by atoms with Gasteiger partial charge in [0.2, 0.25) is 0 Å². The van der Waals surface area contributed by atoms with E-state index in [0.717, 1.165) is 12.1 Å². The summed E-state index contributed by atoms with van der Waals surface area (Å²) >= 11 is 0. The Kier molecular flexibility index (Phi) is 5.77. The fraction of sp³-hybridized carbons (Fsp3) is 0.0625. The Hall–Kier alpha value is -3.75. The lowest BCUT2D eigenvalue weighted by atomic mass is 10.2. The molecule has 2 rings (SSSR count). The Balaban J connectivity index is 2.15. The van der Waals surface area contributed by atoms with Crippen LogP contribution in [0, 0.1) is 20.2 Å². The van der Waals surface area contributed by atoms with Crippen LogP contribution in [0.2, 0.25) is 0 Å². The molecule has 9 nitrogen and oxygen atoms in total. The van der Waals surface area contributed by atoms with Crippen LogP contribution in [0.25, 0.3) is 0 Å². The molecule has 0 heterocycles. The second-order valence-electron chi connectivity index (χ2n) is 4.76. The van der Waals surface area contributed by atoms with E-state index in [0.29, 0.717) is 17.9 Å². The fourth-order valence-corrected chi connectivity index (χ4v) is 1.90. The number of anilines is 1. The Morgan fingerprint density at radius 3 is 2.64 bits per heavy atom. The van der Waals surface area contributed by atoms with Crippen molar-refractivity contribution in [3.63, 3.8) is 0 Å². The van der Waals surface area contributed by atoms with Gasteiger partial charge in [0.1, 0.15) is 18.0 Å². The fourth-order valence-electron chi connectivity index (χ4n) is 1.90. The van der Waals surface area contributed by atoms with Crippen LogP contribution in [0.15, 0.2) is 60.2 Å². The number of rotatable bonds is 8. The molecule has 2 aromatic rings. The summed E-state index contributed by atoms with van der Waals surface area (Å²) in [5, 5.41) is 25.7. The van der Waals surface area contributed by atoms with Gasteiger partial charge in [-0.2, -0.15) is 5.10 Å². The molecule has 0 unspecified atom stereocenters. The highest BCUT2D eigenvalue weighted by Gasteiger charge is 2.18. The standard InChI is InChI=1S/C16H14N4O5/c1-2-8-25-14-5-3-4-12(9-14)11-17-18-15-7-6-13(19(21)22)10-16(15)20(23)24/h2-7,9-11,18H,1,8H2/b17-11-. The van der Waals surface area contributed by atoms with Crippen molar-refractivity contribution in [1.29, 1.82) is 0 Å². The first kappa shape index (κ1) is 17.6.